The highest BCUT2D eigenvalue weighted by Gasteiger charge is 2.11. The lowest BCUT2D eigenvalue weighted by Gasteiger charge is -2.19. The molecule has 1 unspecified atom stereocenters. The average molecular weight is 257 g/mol. The van der Waals surface area contributed by atoms with Crippen LogP contribution < -0.4 is 5.32 Å². The predicted molar refractivity (Wildman–Crippen MR) is 79.1 cm³/mol. The second-order valence-corrected chi connectivity index (χ2v) is 5.14. The maximum Gasteiger partial charge on any atom is 0.146 e. The zero-order valence-corrected chi connectivity index (χ0v) is 11.9. The summed E-state index contributed by atoms with van der Waals surface area (Å²) in [7, 11) is 0. The first-order valence-corrected chi connectivity index (χ1v) is 6.58. The molecule has 0 heterocycles. The number of para-hydroxylation sites is 1. The van der Waals surface area contributed by atoms with Crippen LogP contribution in [-0.4, -0.2) is 0 Å². The molecule has 1 atom stereocenters. The molecule has 1 nitrogen and oxygen atoms in total. The van der Waals surface area contributed by atoms with E-state index in [0.717, 1.165) is 5.56 Å². The molecule has 0 fully saturated rings. The van der Waals surface area contributed by atoms with Gasteiger partial charge in [-0.2, -0.15) is 0 Å². The van der Waals surface area contributed by atoms with E-state index in [2.05, 4.69) is 44.3 Å². The van der Waals surface area contributed by atoms with Crippen molar-refractivity contribution in [3.63, 3.8) is 0 Å². The Bertz CT molecular complexity index is 570. The van der Waals surface area contributed by atoms with Gasteiger partial charge in [-0.25, -0.2) is 4.39 Å². The fraction of sp³-hybridized carbons (Fsp3) is 0.294. The van der Waals surface area contributed by atoms with Gasteiger partial charge < -0.3 is 5.32 Å². The standard InChI is InChI=1S/C17H20FN/c1-11-8-9-15(10-13(11)3)14(4)19-17-12(2)6-5-7-16(17)18/h5-10,14,19H,1-4H3. The van der Waals surface area contributed by atoms with Gasteiger partial charge in [0, 0.05) is 6.04 Å². The molecule has 0 aliphatic heterocycles. The average Bonchev–Trinajstić information content (AvgIpc) is 2.37. The monoisotopic (exact) mass is 257 g/mol. The Labute approximate surface area is 114 Å². The van der Waals surface area contributed by atoms with Crippen LogP contribution in [0, 0.1) is 26.6 Å². The van der Waals surface area contributed by atoms with Crippen molar-refractivity contribution < 1.29 is 4.39 Å². The Morgan fingerprint density at radius 2 is 1.68 bits per heavy atom. The van der Waals surface area contributed by atoms with E-state index < -0.39 is 0 Å². The fourth-order valence-electron chi connectivity index (χ4n) is 2.15. The highest BCUT2D eigenvalue weighted by molar-refractivity contribution is 5.53. The minimum Gasteiger partial charge on any atom is -0.376 e. The molecule has 2 aromatic rings. The van der Waals surface area contributed by atoms with E-state index in [1.807, 2.05) is 13.0 Å². The van der Waals surface area contributed by atoms with Crippen molar-refractivity contribution in [3.05, 3.63) is 64.5 Å². The molecular weight excluding hydrogens is 237 g/mol. The van der Waals surface area contributed by atoms with Crippen LogP contribution in [0.15, 0.2) is 36.4 Å². The maximum absolute atomic E-state index is 13.8. The lowest BCUT2D eigenvalue weighted by atomic mass is 10.0. The molecule has 0 aliphatic carbocycles. The summed E-state index contributed by atoms with van der Waals surface area (Å²) in [4.78, 5) is 0. The molecule has 100 valence electrons. The molecule has 0 saturated heterocycles. The molecule has 0 bridgehead atoms. The number of hydrogen-bond donors (Lipinski definition) is 1. The van der Waals surface area contributed by atoms with Crippen LogP contribution in [0.25, 0.3) is 0 Å². The van der Waals surface area contributed by atoms with Gasteiger partial charge >= 0.3 is 0 Å². The zero-order valence-electron chi connectivity index (χ0n) is 11.9. The normalized spacial score (nSPS) is 12.3. The molecule has 2 aromatic carbocycles. The van der Waals surface area contributed by atoms with E-state index in [1.54, 1.807) is 6.07 Å². The summed E-state index contributed by atoms with van der Waals surface area (Å²) < 4.78 is 13.8. The van der Waals surface area contributed by atoms with Gasteiger partial charge in [-0.05, 0) is 56.0 Å². The van der Waals surface area contributed by atoms with Crippen molar-refractivity contribution in [2.45, 2.75) is 33.7 Å². The summed E-state index contributed by atoms with van der Waals surface area (Å²) >= 11 is 0. The van der Waals surface area contributed by atoms with Crippen LogP contribution in [0.1, 0.15) is 35.2 Å². The van der Waals surface area contributed by atoms with Crippen molar-refractivity contribution in [2.75, 3.05) is 5.32 Å². The maximum atomic E-state index is 13.8. The first-order chi connectivity index (χ1) is 8.99. The highest BCUT2D eigenvalue weighted by atomic mass is 19.1. The Morgan fingerprint density at radius 1 is 0.947 bits per heavy atom. The molecule has 2 rings (SSSR count). The summed E-state index contributed by atoms with van der Waals surface area (Å²) in [5.74, 6) is -0.198. The minimum absolute atomic E-state index is 0.0786. The molecule has 0 aromatic heterocycles. The van der Waals surface area contributed by atoms with E-state index in [-0.39, 0.29) is 11.9 Å². The van der Waals surface area contributed by atoms with E-state index >= 15 is 0 Å². The topological polar surface area (TPSA) is 12.0 Å². The summed E-state index contributed by atoms with van der Waals surface area (Å²) in [6, 6.07) is 11.6. The van der Waals surface area contributed by atoms with Crippen LogP contribution in [0.4, 0.5) is 10.1 Å². The number of benzene rings is 2. The number of hydrogen-bond acceptors (Lipinski definition) is 1. The van der Waals surface area contributed by atoms with E-state index in [4.69, 9.17) is 0 Å². The first-order valence-electron chi connectivity index (χ1n) is 6.58. The summed E-state index contributed by atoms with van der Waals surface area (Å²) in [5, 5.41) is 3.27. The van der Waals surface area contributed by atoms with Gasteiger partial charge in [0.1, 0.15) is 5.82 Å². The molecule has 0 aliphatic rings. The van der Waals surface area contributed by atoms with Crippen molar-refractivity contribution in [3.8, 4) is 0 Å². The Hall–Kier alpha value is -1.83. The third kappa shape index (κ3) is 2.95. The molecule has 1 N–H and O–H groups in total. The van der Waals surface area contributed by atoms with Gasteiger partial charge in [0.15, 0.2) is 0 Å². The molecular formula is C17H20FN. The summed E-state index contributed by atoms with van der Waals surface area (Å²) in [6.07, 6.45) is 0. The second kappa shape index (κ2) is 5.43. The second-order valence-electron chi connectivity index (χ2n) is 5.14. The number of anilines is 1. The van der Waals surface area contributed by atoms with Gasteiger partial charge in [-0.1, -0.05) is 30.3 Å². The SMILES string of the molecule is Cc1ccc(C(C)Nc2c(C)cccc2F)cc1C. The molecule has 0 spiro atoms. The van der Waals surface area contributed by atoms with Crippen LogP contribution in [-0.2, 0) is 0 Å². The summed E-state index contributed by atoms with van der Waals surface area (Å²) in [6.45, 7) is 8.16. The van der Waals surface area contributed by atoms with E-state index in [9.17, 15) is 4.39 Å². The Morgan fingerprint density at radius 3 is 2.32 bits per heavy atom. The largest absolute Gasteiger partial charge is 0.376 e. The Kier molecular flexibility index (Phi) is 3.89. The van der Waals surface area contributed by atoms with Crippen molar-refractivity contribution in [1.82, 2.24) is 0 Å². The zero-order chi connectivity index (χ0) is 14.0. The fourth-order valence-corrected chi connectivity index (χ4v) is 2.15. The third-order valence-electron chi connectivity index (χ3n) is 3.61. The van der Waals surface area contributed by atoms with Gasteiger partial charge in [0.05, 0.1) is 5.69 Å². The van der Waals surface area contributed by atoms with Crippen LogP contribution in [0.5, 0.6) is 0 Å². The lowest BCUT2D eigenvalue weighted by Crippen LogP contribution is -2.09. The van der Waals surface area contributed by atoms with Crippen LogP contribution >= 0.6 is 0 Å². The van der Waals surface area contributed by atoms with E-state index in [1.165, 1.54) is 22.8 Å². The van der Waals surface area contributed by atoms with Gasteiger partial charge in [-0.3, -0.25) is 0 Å². The highest BCUT2D eigenvalue weighted by Crippen LogP contribution is 2.25. The van der Waals surface area contributed by atoms with Gasteiger partial charge in [-0.15, -0.1) is 0 Å². The molecule has 0 radical (unpaired) electrons. The molecule has 0 amide bonds. The Balaban J connectivity index is 2.25. The quantitative estimate of drug-likeness (QED) is 0.822. The third-order valence-corrected chi connectivity index (χ3v) is 3.61. The minimum atomic E-state index is -0.198. The van der Waals surface area contributed by atoms with Gasteiger partial charge in [0.2, 0.25) is 0 Å². The first kappa shape index (κ1) is 13.6. The van der Waals surface area contributed by atoms with Crippen molar-refractivity contribution in [1.29, 1.82) is 0 Å². The number of nitrogens with one attached hydrogen (secondary N) is 1. The predicted octanol–water partition coefficient (Wildman–Crippen LogP) is 4.92. The smallest absolute Gasteiger partial charge is 0.146 e. The van der Waals surface area contributed by atoms with Crippen LogP contribution in [0.2, 0.25) is 0 Å². The van der Waals surface area contributed by atoms with E-state index in [0.29, 0.717) is 5.69 Å². The summed E-state index contributed by atoms with van der Waals surface area (Å²) in [5.41, 5.74) is 5.23. The van der Waals surface area contributed by atoms with Crippen LogP contribution in [0.3, 0.4) is 0 Å². The molecule has 19 heavy (non-hydrogen) atoms. The molecule has 0 saturated carbocycles. The van der Waals surface area contributed by atoms with Crippen molar-refractivity contribution >= 4 is 5.69 Å². The van der Waals surface area contributed by atoms with Crippen molar-refractivity contribution in [2.24, 2.45) is 0 Å². The van der Waals surface area contributed by atoms with Gasteiger partial charge in [0.25, 0.3) is 0 Å². The molecule has 2 heteroatoms. The lowest BCUT2D eigenvalue weighted by molar-refractivity contribution is 0.626. The number of aryl methyl sites for hydroxylation is 3. The number of rotatable bonds is 3. The number of halogens is 1.